The van der Waals surface area contributed by atoms with Crippen LogP contribution in [0.3, 0.4) is 0 Å². The van der Waals surface area contributed by atoms with E-state index in [0.717, 1.165) is 62.6 Å². The molecule has 0 atom stereocenters. The number of hydrogen-bond acceptors (Lipinski definition) is 3. The normalized spacial score (nSPS) is 14.4. The van der Waals surface area contributed by atoms with Crippen LogP contribution in [0.2, 0.25) is 5.02 Å². The van der Waals surface area contributed by atoms with Crippen molar-refractivity contribution in [1.82, 2.24) is 10.2 Å². The maximum absolute atomic E-state index is 11.0. The van der Waals surface area contributed by atoms with Crippen molar-refractivity contribution < 1.29 is 4.79 Å². The molecule has 1 aliphatic rings. The van der Waals surface area contributed by atoms with E-state index in [1.165, 1.54) is 16.0 Å². The Labute approximate surface area is 136 Å². The molecule has 0 radical (unpaired) electrons. The van der Waals surface area contributed by atoms with Crippen LogP contribution < -0.4 is 5.32 Å². The standard InChI is InChI=1S/C16H23ClN2OS/c1-2-9-19(12-20)10-11-21-16-14-6-8-18-7-5-13(14)3-4-15(16)17/h3-4,12,18H,2,5-11H2,1H3. The number of carbonyl (C=O) groups excluding carboxylic acids is 1. The van der Waals surface area contributed by atoms with E-state index in [1.807, 2.05) is 11.0 Å². The molecule has 0 fully saturated rings. The maximum atomic E-state index is 11.0. The molecule has 2 rings (SSSR count). The van der Waals surface area contributed by atoms with Gasteiger partial charge in [0.05, 0.1) is 5.02 Å². The second kappa shape index (κ2) is 8.66. The first-order valence-electron chi connectivity index (χ1n) is 7.59. The molecule has 1 aliphatic heterocycles. The van der Waals surface area contributed by atoms with Gasteiger partial charge in [-0.25, -0.2) is 0 Å². The Morgan fingerprint density at radius 2 is 2.14 bits per heavy atom. The van der Waals surface area contributed by atoms with E-state index < -0.39 is 0 Å². The van der Waals surface area contributed by atoms with E-state index in [9.17, 15) is 4.79 Å². The van der Waals surface area contributed by atoms with Gasteiger partial charge in [0.1, 0.15) is 0 Å². The zero-order valence-corrected chi connectivity index (χ0v) is 14.1. The molecule has 0 saturated heterocycles. The third kappa shape index (κ3) is 4.63. The van der Waals surface area contributed by atoms with E-state index >= 15 is 0 Å². The summed E-state index contributed by atoms with van der Waals surface area (Å²) in [6.45, 7) is 5.74. The third-order valence-corrected chi connectivity index (χ3v) is 5.29. The minimum absolute atomic E-state index is 0.778. The minimum Gasteiger partial charge on any atom is -0.344 e. The van der Waals surface area contributed by atoms with Gasteiger partial charge in [0, 0.05) is 23.7 Å². The number of carbonyl (C=O) groups is 1. The lowest BCUT2D eigenvalue weighted by atomic mass is 10.0. The van der Waals surface area contributed by atoms with E-state index in [0.29, 0.717) is 0 Å². The Kier molecular flexibility index (Phi) is 6.87. The second-order valence-corrected chi connectivity index (χ2v) is 6.77. The van der Waals surface area contributed by atoms with Crippen molar-refractivity contribution in [3.63, 3.8) is 0 Å². The number of fused-ring (bicyclic) bond motifs is 1. The fourth-order valence-corrected chi connectivity index (χ4v) is 4.12. The summed E-state index contributed by atoms with van der Waals surface area (Å²) in [5, 5.41) is 4.28. The lowest BCUT2D eigenvalue weighted by molar-refractivity contribution is -0.117. The number of nitrogens with one attached hydrogen (secondary N) is 1. The SMILES string of the molecule is CCCN(C=O)CCSc1c(Cl)ccc2c1CCNCC2. The predicted octanol–water partition coefficient (Wildman–Crippen LogP) is 2.99. The van der Waals surface area contributed by atoms with Gasteiger partial charge in [-0.1, -0.05) is 24.6 Å². The van der Waals surface area contributed by atoms with Gasteiger partial charge in [-0.15, -0.1) is 11.8 Å². The van der Waals surface area contributed by atoms with E-state index in [4.69, 9.17) is 11.6 Å². The van der Waals surface area contributed by atoms with Crippen molar-refractivity contribution in [1.29, 1.82) is 0 Å². The third-order valence-electron chi connectivity index (χ3n) is 3.72. The second-order valence-electron chi connectivity index (χ2n) is 5.25. The Bertz CT molecular complexity index is 482. The Morgan fingerprint density at radius 3 is 2.90 bits per heavy atom. The van der Waals surface area contributed by atoms with Crippen LogP contribution in [0, 0.1) is 0 Å². The highest BCUT2D eigenvalue weighted by atomic mass is 35.5. The van der Waals surface area contributed by atoms with Gasteiger partial charge in [-0.2, -0.15) is 0 Å². The molecule has 0 saturated carbocycles. The molecule has 1 N–H and O–H groups in total. The van der Waals surface area contributed by atoms with E-state index in [-0.39, 0.29) is 0 Å². The molecule has 0 spiro atoms. The summed E-state index contributed by atoms with van der Waals surface area (Å²) in [6, 6.07) is 4.17. The lowest BCUT2D eigenvalue weighted by Crippen LogP contribution is -2.25. The molecule has 0 unspecified atom stereocenters. The maximum Gasteiger partial charge on any atom is 0.209 e. The van der Waals surface area contributed by atoms with Crippen molar-refractivity contribution in [2.24, 2.45) is 0 Å². The summed E-state index contributed by atoms with van der Waals surface area (Å²) in [6.07, 6.45) is 4.04. The van der Waals surface area contributed by atoms with E-state index in [1.54, 1.807) is 11.8 Å². The predicted molar refractivity (Wildman–Crippen MR) is 90.4 cm³/mol. The number of thioether (sulfide) groups is 1. The first kappa shape index (κ1) is 16.7. The van der Waals surface area contributed by atoms with Crippen LogP contribution >= 0.6 is 23.4 Å². The van der Waals surface area contributed by atoms with Crippen molar-refractivity contribution >= 4 is 29.8 Å². The van der Waals surface area contributed by atoms with Gasteiger partial charge in [0.25, 0.3) is 0 Å². The fourth-order valence-electron chi connectivity index (χ4n) is 2.64. The summed E-state index contributed by atoms with van der Waals surface area (Å²) < 4.78 is 0. The van der Waals surface area contributed by atoms with Crippen molar-refractivity contribution in [2.75, 3.05) is 31.9 Å². The highest BCUT2D eigenvalue weighted by Gasteiger charge is 2.15. The number of nitrogens with zero attached hydrogens (tertiary/aromatic N) is 1. The Morgan fingerprint density at radius 1 is 1.33 bits per heavy atom. The molecular weight excluding hydrogens is 304 g/mol. The zero-order chi connectivity index (χ0) is 15.1. The molecule has 1 aromatic carbocycles. The number of amides is 1. The molecule has 1 heterocycles. The van der Waals surface area contributed by atoms with Crippen LogP contribution in [0.4, 0.5) is 0 Å². The fraction of sp³-hybridized carbons (Fsp3) is 0.562. The zero-order valence-electron chi connectivity index (χ0n) is 12.5. The van der Waals surface area contributed by atoms with Crippen molar-refractivity contribution in [2.45, 2.75) is 31.1 Å². The van der Waals surface area contributed by atoms with Crippen LogP contribution in [0.25, 0.3) is 0 Å². The first-order valence-corrected chi connectivity index (χ1v) is 8.95. The molecule has 1 aromatic rings. The monoisotopic (exact) mass is 326 g/mol. The molecule has 0 bridgehead atoms. The summed E-state index contributed by atoms with van der Waals surface area (Å²) in [5.74, 6) is 0.891. The quantitative estimate of drug-likeness (QED) is 0.617. The van der Waals surface area contributed by atoms with Crippen LogP contribution in [0.1, 0.15) is 24.5 Å². The molecule has 116 valence electrons. The largest absolute Gasteiger partial charge is 0.344 e. The highest BCUT2D eigenvalue weighted by molar-refractivity contribution is 7.99. The highest BCUT2D eigenvalue weighted by Crippen LogP contribution is 2.34. The van der Waals surface area contributed by atoms with Crippen molar-refractivity contribution in [3.05, 3.63) is 28.3 Å². The average molecular weight is 327 g/mol. The molecule has 3 nitrogen and oxygen atoms in total. The minimum atomic E-state index is 0.778. The molecule has 0 aromatic heterocycles. The number of hydrogen-bond donors (Lipinski definition) is 1. The molecule has 5 heteroatoms. The topological polar surface area (TPSA) is 32.3 Å². The Hall–Kier alpha value is -0.710. The number of rotatable bonds is 7. The first-order chi connectivity index (χ1) is 10.3. The summed E-state index contributed by atoms with van der Waals surface area (Å²) in [7, 11) is 0. The summed E-state index contributed by atoms with van der Waals surface area (Å²) in [4.78, 5) is 14.0. The lowest BCUT2D eigenvalue weighted by Gasteiger charge is -2.18. The molecule has 1 amide bonds. The van der Waals surface area contributed by atoms with Gasteiger partial charge in [0.2, 0.25) is 6.41 Å². The molecule has 21 heavy (non-hydrogen) atoms. The van der Waals surface area contributed by atoms with Gasteiger partial charge in [-0.05, 0) is 49.5 Å². The van der Waals surface area contributed by atoms with Crippen LogP contribution in [-0.2, 0) is 17.6 Å². The summed E-state index contributed by atoms with van der Waals surface area (Å²) >= 11 is 8.18. The van der Waals surface area contributed by atoms with Gasteiger partial charge >= 0.3 is 0 Å². The molecule has 0 aliphatic carbocycles. The smallest absolute Gasteiger partial charge is 0.209 e. The van der Waals surface area contributed by atoms with E-state index in [2.05, 4.69) is 18.3 Å². The van der Waals surface area contributed by atoms with Crippen molar-refractivity contribution in [3.8, 4) is 0 Å². The van der Waals surface area contributed by atoms with Crippen LogP contribution in [0.5, 0.6) is 0 Å². The van der Waals surface area contributed by atoms with Crippen LogP contribution in [0.15, 0.2) is 17.0 Å². The van der Waals surface area contributed by atoms with Crippen LogP contribution in [-0.4, -0.2) is 43.2 Å². The number of halogens is 1. The van der Waals surface area contributed by atoms with Gasteiger partial charge in [0.15, 0.2) is 0 Å². The van der Waals surface area contributed by atoms with Gasteiger partial charge in [-0.3, -0.25) is 4.79 Å². The van der Waals surface area contributed by atoms with Gasteiger partial charge < -0.3 is 10.2 Å². The number of benzene rings is 1. The summed E-state index contributed by atoms with van der Waals surface area (Å²) in [5.41, 5.74) is 2.80. The Balaban J connectivity index is 2.04. The average Bonchev–Trinajstić information content (AvgIpc) is 2.74. The molecular formula is C16H23ClN2OS.